The summed E-state index contributed by atoms with van der Waals surface area (Å²) in [7, 11) is -0.576. The van der Waals surface area contributed by atoms with Gasteiger partial charge in [0.15, 0.2) is 0 Å². The van der Waals surface area contributed by atoms with Gasteiger partial charge >= 0.3 is 50.7 Å². The van der Waals surface area contributed by atoms with Gasteiger partial charge in [-0.3, -0.25) is 0 Å². The van der Waals surface area contributed by atoms with Gasteiger partial charge in [0, 0.05) is 0 Å². The van der Waals surface area contributed by atoms with Gasteiger partial charge in [0.2, 0.25) is 0 Å². The molecule has 0 saturated heterocycles. The van der Waals surface area contributed by atoms with Crippen molar-refractivity contribution >= 4 is 8.07 Å². The summed E-state index contributed by atoms with van der Waals surface area (Å²) in [5.74, 6) is 0. The van der Waals surface area contributed by atoms with Crippen molar-refractivity contribution in [2.45, 2.75) is 24.3 Å². The summed E-state index contributed by atoms with van der Waals surface area (Å²) in [6, 6.07) is 0. The molecule has 0 fully saturated rings. The van der Waals surface area contributed by atoms with Crippen molar-refractivity contribution in [3.05, 3.63) is 0 Å². The topological polar surface area (TPSA) is 0 Å². The van der Waals surface area contributed by atoms with Crippen LogP contribution in [0.5, 0.6) is 0 Å². The van der Waals surface area contributed by atoms with Crippen molar-refractivity contribution in [3.8, 4) is 0 Å². The second kappa shape index (κ2) is 4.45. The number of rotatable bonds is 1. The summed E-state index contributed by atoms with van der Waals surface area (Å²) < 4.78 is 1.53. The van der Waals surface area contributed by atoms with E-state index in [0.29, 0.717) is 0 Å². The third-order valence-electron chi connectivity index (χ3n) is 0.750. The molecule has 0 N–H and O–H groups in total. The Hall–Kier alpha value is 1.57. The van der Waals surface area contributed by atoms with Crippen molar-refractivity contribution in [2.24, 2.45) is 0 Å². The first kappa shape index (κ1) is 11.4. The zero-order valence-corrected chi connectivity index (χ0v) is 11.4. The van der Waals surface area contributed by atoms with Crippen LogP contribution < -0.4 is 24.0 Å². The minimum Gasteiger partial charge on any atom is -1.00 e. The van der Waals surface area contributed by atoms with Crippen LogP contribution in [0.1, 0.15) is 0 Å². The fourth-order valence-corrected chi connectivity index (χ4v) is 0. The van der Waals surface area contributed by atoms with Crippen LogP contribution in [0.4, 0.5) is 0 Å². The molecule has 0 aromatic carbocycles. The quantitative estimate of drug-likeness (QED) is 0.419. The molecular weight excluding hydrogens is 268 g/mol. The van der Waals surface area contributed by atoms with E-state index < -0.39 is 8.07 Å². The number of hydrogen-bond donors (Lipinski definition) is 0. The minimum absolute atomic E-state index is 0. The molecule has 0 unspecified atom stereocenters. The first-order valence-electron chi connectivity index (χ1n) is 2.35. The van der Waals surface area contributed by atoms with Crippen molar-refractivity contribution in [2.75, 3.05) is 0 Å². The molecule has 0 heterocycles. The van der Waals surface area contributed by atoms with E-state index in [9.17, 15) is 0 Å². The molecule has 7 heavy (non-hydrogen) atoms. The summed E-state index contributed by atoms with van der Waals surface area (Å²) >= 11 is 1.50. The van der Waals surface area contributed by atoms with Crippen LogP contribution in [0.15, 0.2) is 0 Å². The van der Waals surface area contributed by atoms with Crippen LogP contribution in [0, 0.1) is 0 Å². The Morgan fingerprint density at radius 3 is 1.43 bits per heavy atom. The average Bonchev–Trinajstić information content (AvgIpc) is 1.35. The molecule has 0 amide bonds. The molecule has 0 spiro atoms. The number of hydrogen-bond acceptors (Lipinski definition) is 0. The predicted molar refractivity (Wildman–Crippen MR) is 28.2 cm³/mol. The first-order valence-corrected chi connectivity index (χ1v) is 8.16. The predicted octanol–water partition coefficient (Wildman–Crippen LogP) is -1.17. The van der Waals surface area contributed by atoms with E-state index in [-0.39, 0.29) is 24.0 Å². The molecule has 0 bridgehead atoms. The third kappa shape index (κ3) is 11.2. The van der Waals surface area contributed by atoms with Crippen molar-refractivity contribution in [1.29, 1.82) is 0 Å². The third-order valence-corrected chi connectivity index (χ3v) is 11.7. The van der Waals surface area contributed by atoms with Crippen molar-refractivity contribution in [1.82, 2.24) is 0 Å². The molecule has 0 aliphatic heterocycles. The Morgan fingerprint density at radius 1 is 1.29 bits per heavy atom. The Kier molecular flexibility index (Phi) is 7.23. The summed E-state index contributed by atoms with van der Waals surface area (Å²) in [6.07, 6.45) is 0. The summed E-state index contributed by atoms with van der Waals surface area (Å²) in [4.78, 5) is 0. The van der Waals surface area contributed by atoms with Gasteiger partial charge < -0.3 is 24.0 Å². The van der Waals surface area contributed by atoms with Gasteiger partial charge in [-0.15, -0.1) is 0 Å². The standard InChI is InChI=1S/C4H11Si.HI.Zn/c1-5(2,3)4;;/h1H2,2-4H3;1H;/q;;+1/p-1. The molecule has 0 aromatic rings. The SMILES string of the molecule is C[Si](C)(C)[CH2][Zn+].[I-]. The van der Waals surface area contributed by atoms with Gasteiger partial charge in [-0.05, 0) is 0 Å². The normalized spacial score (nSPS) is 10.4. The zero-order valence-electron chi connectivity index (χ0n) is 5.29. The molecule has 0 aromatic heterocycles. The van der Waals surface area contributed by atoms with Gasteiger partial charge in [0.25, 0.3) is 0 Å². The van der Waals surface area contributed by atoms with Gasteiger partial charge in [-0.25, -0.2) is 0 Å². The minimum atomic E-state index is -0.576. The summed E-state index contributed by atoms with van der Waals surface area (Å²) in [5.41, 5.74) is 0. The molecule has 0 rings (SSSR count). The van der Waals surface area contributed by atoms with E-state index in [4.69, 9.17) is 0 Å². The summed E-state index contributed by atoms with van der Waals surface area (Å²) in [6.45, 7) is 7.24. The smallest absolute Gasteiger partial charge is 1.00 e. The van der Waals surface area contributed by atoms with E-state index in [1.54, 1.807) is 0 Å². The molecule has 40 valence electrons. The second-order valence-corrected chi connectivity index (χ2v) is 11.6. The maximum absolute atomic E-state index is 2.41. The molecule has 0 radical (unpaired) electrons. The van der Waals surface area contributed by atoms with Crippen LogP contribution in [0.3, 0.4) is 0 Å². The van der Waals surface area contributed by atoms with Crippen molar-refractivity contribution in [3.63, 3.8) is 0 Å². The van der Waals surface area contributed by atoms with Crippen LogP contribution in [0.2, 0.25) is 24.3 Å². The molecular formula is C4H11ISiZn. The number of halogens is 1. The zero-order chi connectivity index (χ0) is 5.21. The Bertz CT molecular complexity index is 41.4. The van der Waals surface area contributed by atoms with E-state index in [1.165, 1.54) is 22.9 Å². The van der Waals surface area contributed by atoms with Gasteiger partial charge in [-0.2, -0.15) is 0 Å². The molecule has 0 atom stereocenters. The molecule has 3 heteroatoms. The Morgan fingerprint density at radius 2 is 1.43 bits per heavy atom. The largest absolute Gasteiger partial charge is 1.00 e. The fourth-order valence-electron chi connectivity index (χ4n) is 0. The maximum atomic E-state index is 2.41. The molecule has 0 aliphatic rings. The monoisotopic (exact) mass is 278 g/mol. The Balaban J connectivity index is 0. The first-order chi connectivity index (χ1) is 2.56. The summed E-state index contributed by atoms with van der Waals surface area (Å²) in [5, 5.41) is 0. The van der Waals surface area contributed by atoms with E-state index >= 15 is 0 Å². The van der Waals surface area contributed by atoms with Crippen LogP contribution in [-0.2, 0) is 18.3 Å². The van der Waals surface area contributed by atoms with Crippen molar-refractivity contribution < 1.29 is 42.3 Å². The second-order valence-electron chi connectivity index (χ2n) is 2.81. The molecule has 0 nitrogen and oxygen atoms in total. The van der Waals surface area contributed by atoms with Gasteiger partial charge in [0.05, 0.1) is 0 Å². The Labute approximate surface area is 74.2 Å². The van der Waals surface area contributed by atoms with Gasteiger partial charge in [0.1, 0.15) is 0 Å². The molecule has 0 saturated carbocycles. The van der Waals surface area contributed by atoms with Gasteiger partial charge in [-0.1, -0.05) is 0 Å². The van der Waals surface area contributed by atoms with Crippen LogP contribution in [-0.4, -0.2) is 8.07 Å². The molecule has 0 aliphatic carbocycles. The maximum Gasteiger partial charge on any atom is -1.00 e. The fraction of sp³-hybridized carbons (Fsp3) is 1.00. The van der Waals surface area contributed by atoms with Crippen LogP contribution in [0.25, 0.3) is 0 Å². The van der Waals surface area contributed by atoms with E-state index in [1.807, 2.05) is 0 Å². The van der Waals surface area contributed by atoms with E-state index in [2.05, 4.69) is 19.6 Å². The average molecular weight is 280 g/mol. The van der Waals surface area contributed by atoms with Crippen LogP contribution >= 0.6 is 0 Å². The van der Waals surface area contributed by atoms with E-state index in [0.717, 1.165) is 0 Å².